The van der Waals surface area contributed by atoms with Crippen molar-refractivity contribution in [3.8, 4) is 5.75 Å². The number of para-hydroxylation sites is 1. The van der Waals surface area contributed by atoms with Crippen LogP contribution in [-0.4, -0.2) is 30.6 Å². The van der Waals surface area contributed by atoms with Crippen LogP contribution in [0, 0.1) is 12.8 Å². The molecule has 1 fully saturated rings. The molecule has 1 saturated heterocycles. The summed E-state index contributed by atoms with van der Waals surface area (Å²) in [7, 11) is 0. The number of halogens is 1. The maximum absolute atomic E-state index is 12.5. The van der Waals surface area contributed by atoms with E-state index in [2.05, 4.69) is 52.7 Å². The Hall–Kier alpha value is -3.57. The van der Waals surface area contributed by atoms with Gasteiger partial charge >= 0.3 is 0 Å². The highest BCUT2D eigenvalue weighted by Crippen LogP contribution is 2.29. The van der Waals surface area contributed by atoms with Crippen molar-refractivity contribution in [2.75, 3.05) is 29.9 Å². The Morgan fingerprint density at radius 3 is 2.61 bits per heavy atom. The van der Waals surface area contributed by atoms with Crippen molar-refractivity contribution < 1.29 is 9.53 Å². The predicted molar refractivity (Wildman–Crippen MR) is 147 cm³/mol. The third kappa shape index (κ3) is 5.80. The lowest BCUT2D eigenvalue weighted by Crippen LogP contribution is -2.34. The van der Waals surface area contributed by atoms with E-state index < -0.39 is 0 Å². The first-order valence-corrected chi connectivity index (χ1v) is 12.8. The molecule has 0 atom stereocenters. The minimum Gasteiger partial charge on any atom is -0.481 e. The van der Waals surface area contributed by atoms with E-state index in [-0.39, 0.29) is 12.5 Å². The third-order valence-electron chi connectivity index (χ3n) is 6.79. The molecule has 184 valence electrons. The number of amides is 1. The second-order valence-electron chi connectivity index (χ2n) is 9.42. The summed E-state index contributed by atoms with van der Waals surface area (Å²) in [5.41, 5.74) is 3.79. The molecule has 6 heteroatoms. The Morgan fingerprint density at radius 1 is 1.03 bits per heavy atom. The number of aromatic nitrogens is 1. The molecule has 36 heavy (non-hydrogen) atoms. The van der Waals surface area contributed by atoms with Gasteiger partial charge in [-0.2, -0.15) is 0 Å². The summed E-state index contributed by atoms with van der Waals surface area (Å²) in [5.74, 6) is 2.01. The maximum atomic E-state index is 12.5. The number of carbonyl (C=O) groups is 1. The smallest absolute Gasteiger partial charge is 0.262 e. The molecule has 0 bridgehead atoms. The van der Waals surface area contributed by atoms with Crippen molar-refractivity contribution in [2.45, 2.75) is 26.2 Å². The van der Waals surface area contributed by atoms with Crippen LogP contribution in [0.15, 0.2) is 78.9 Å². The molecule has 4 aromatic rings. The molecule has 5 nitrogen and oxygen atoms in total. The van der Waals surface area contributed by atoms with Gasteiger partial charge in [0.1, 0.15) is 17.1 Å². The standard InChI is InChI=1S/C30H30ClN3O2/c1-21-10-12-25(19-26(21)31)32-29(35)20-36-27-9-5-8-24-11-13-28(33-30(24)27)34-16-14-23(15-17-34)18-22-6-3-2-4-7-22/h2-13,19,23H,14-18,20H2,1H3,(H,32,35). The highest BCUT2D eigenvalue weighted by molar-refractivity contribution is 6.31. The molecule has 5 rings (SSSR count). The molecule has 0 radical (unpaired) electrons. The Kier molecular flexibility index (Phi) is 7.38. The zero-order valence-corrected chi connectivity index (χ0v) is 21.2. The number of fused-ring (bicyclic) bond motifs is 1. The predicted octanol–water partition coefficient (Wildman–Crippen LogP) is 6.67. The average Bonchev–Trinajstić information content (AvgIpc) is 2.90. The molecule has 2 heterocycles. The van der Waals surface area contributed by atoms with E-state index in [4.69, 9.17) is 21.3 Å². The van der Waals surface area contributed by atoms with Crippen LogP contribution in [0.3, 0.4) is 0 Å². The summed E-state index contributed by atoms with van der Waals surface area (Å²) >= 11 is 6.16. The zero-order valence-electron chi connectivity index (χ0n) is 20.4. The van der Waals surface area contributed by atoms with Crippen LogP contribution in [-0.2, 0) is 11.2 Å². The summed E-state index contributed by atoms with van der Waals surface area (Å²) < 4.78 is 5.91. The Bertz CT molecular complexity index is 1350. The Morgan fingerprint density at radius 2 is 1.83 bits per heavy atom. The van der Waals surface area contributed by atoms with E-state index in [1.165, 1.54) is 5.56 Å². The molecule has 1 aromatic heterocycles. The van der Waals surface area contributed by atoms with Gasteiger partial charge in [-0.05, 0) is 73.6 Å². The van der Waals surface area contributed by atoms with Gasteiger partial charge < -0.3 is 15.0 Å². The van der Waals surface area contributed by atoms with Crippen molar-refractivity contribution in [1.82, 2.24) is 4.98 Å². The number of hydrogen-bond acceptors (Lipinski definition) is 4. The van der Waals surface area contributed by atoms with Gasteiger partial charge in [-0.25, -0.2) is 4.98 Å². The van der Waals surface area contributed by atoms with Crippen molar-refractivity contribution in [1.29, 1.82) is 0 Å². The summed E-state index contributed by atoms with van der Waals surface area (Å²) in [6.45, 7) is 3.79. The highest BCUT2D eigenvalue weighted by atomic mass is 35.5. The van der Waals surface area contributed by atoms with Crippen molar-refractivity contribution in [3.05, 3.63) is 95.0 Å². The summed E-state index contributed by atoms with van der Waals surface area (Å²) in [5, 5.41) is 4.44. The number of nitrogens with zero attached hydrogens (tertiary/aromatic N) is 2. The first-order chi connectivity index (χ1) is 17.5. The van der Waals surface area contributed by atoms with Crippen LogP contribution in [0.25, 0.3) is 10.9 Å². The number of aryl methyl sites for hydroxylation is 1. The summed E-state index contributed by atoms with van der Waals surface area (Å²) in [6, 6.07) is 26.1. The van der Waals surface area contributed by atoms with Gasteiger partial charge in [0.2, 0.25) is 0 Å². The molecule has 1 aliphatic heterocycles. The van der Waals surface area contributed by atoms with Gasteiger partial charge in [0.05, 0.1) is 0 Å². The number of pyridine rings is 1. The monoisotopic (exact) mass is 499 g/mol. The minimum atomic E-state index is -0.247. The number of carbonyl (C=O) groups excluding carboxylic acids is 1. The molecule has 0 unspecified atom stereocenters. The maximum Gasteiger partial charge on any atom is 0.262 e. The minimum absolute atomic E-state index is 0.110. The third-order valence-corrected chi connectivity index (χ3v) is 7.20. The SMILES string of the molecule is Cc1ccc(NC(=O)COc2cccc3ccc(N4CCC(Cc5ccccc5)CC4)nc23)cc1Cl. The lowest BCUT2D eigenvalue weighted by Gasteiger charge is -2.33. The van der Waals surface area contributed by atoms with Crippen LogP contribution >= 0.6 is 11.6 Å². The van der Waals surface area contributed by atoms with E-state index in [1.54, 1.807) is 6.07 Å². The van der Waals surface area contributed by atoms with E-state index in [1.807, 2.05) is 37.3 Å². The van der Waals surface area contributed by atoms with Crippen LogP contribution in [0.5, 0.6) is 5.75 Å². The van der Waals surface area contributed by atoms with Crippen LogP contribution in [0.2, 0.25) is 5.02 Å². The van der Waals surface area contributed by atoms with Gasteiger partial charge in [0, 0.05) is 29.2 Å². The van der Waals surface area contributed by atoms with Crippen molar-refractivity contribution in [3.63, 3.8) is 0 Å². The first kappa shape index (κ1) is 24.1. The van der Waals surface area contributed by atoms with E-state index in [0.717, 1.165) is 54.6 Å². The fourth-order valence-corrected chi connectivity index (χ4v) is 4.91. The van der Waals surface area contributed by atoms with E-state index >= 15 is 0 Å². The van der Waals surface area contributed by atoms with Crippen molar-refractivity contribution >= 4 is 39.9 Å². The van der Waals surface area contributed by atoms with Gasteiger partial charge in [-0.1, -0.05) is 60.1 Å². The molecular formula is C30H30ClN3O2. The van der Waals surface area contributed by atoms with Gasteiger partial charge in [-0.3, -0.25) is 4.79 Å². The Balaban J connectivity index is 1.23. The van der Waals surface area contributed by atoms with Gasteiger partial charge in [-0.15, -0.1) is 0 Å². The quantitative estimate of drug-likeness (QED) is 0.308. The number of ether oxygens (including phenoxy) is 1. The largest absolute Gasteiger partial charge is 0.481 e. The zero-order chi connectivity index (χ0) is 24.9. The Labute approximate surface area is 217 Å². The number of nitrogens with one attached hydrogen (secondary N) is 1. The number of benzene rings is 3. The van der Waals surface area contributed by atoms with E-state index in [0.29, 0.717) is 22.4 Å². The molecule has 0 saturated carbocycles. The molecule has 0 spiro atoms. The topological polar surface area (TPSA) is 54.5 Å². The highest BCUT2D eigenvalue weighted by Gasteiger charge is 2.21. The lowest BCUT2D eigenvalue weighted by atomic mass is 9.90. The van der Waals surface area contributed by atoms with Gasteiger partial charge in [0.15, 0.2) is 6.61 Å². The molecule has 1 amide bonds. The van der Waals surface area contributed by atoms with Gasteiger partial charge in [0.25, 0.3) is 5.91 Å². The molecule has 1 aliphatic rings. The fourth-order valence-electron chi connectivity index (χ4n) is 4.73. The second kappa shape index (κ2) is 11.0. The van der Waals surface area contributed by atoms with E-state index in [9.17, 15) is 4.79 Å². The molecule has 3 aromatic carbocycles. The van der Waals surface area contributed by atoms with Crippen LogP contribution in [0.1, 0.15) is 24.0 Å². The lowest BCUT2D eigenvalue weighted by molar-refractivity contribution is -0.118. The number of anilines is 2. The number of hydrogen-bond donors (Lipinski definition) is 1. The summed E-state index contributed by atoms with van der Waals surface area (Å²) in [6.07, 6.45) is 3.43. The fraction of sp³-hybridized carbons (Fsp3) is 0.267. The van der Waals surface area contributed by atoms with Crippen molar-refractivity contribution in [2.24, 2.45) is 5.92 Å². The van der Waals surface area contributed by atoms with Crippen LogP contribution in [0.4, 0.5) is 11.5 Å². The summed E-state index contributed by atoms with van der Waals surface area (Å²) in [4.78, 5) is 19.8. The number of piperidine rings is 1. The molecule has 1 N–H and O–H groups in total. The normalized spacial score (nSPS) is 14.1. The first-order valence-electron chi connectivity index (χ1n) is 12.4. The number of rotatable bonds is 7. The van der Waals surface area contributed by atoms with Crippen LogP contribution < -0.4 is 15.0 Å². The average molecular weight is 500 g/mol. The molecular weight excluding hydrogens is 470 g/mol. The molecule has 0 aliphatic carbocycles. The second-order valence-corrected chi connectivity index (χ2v) is 9.83.